The van der Waals surface area contributed by atoms with E-state index in [0.29, 0.717) is 12.5 Å². The molecule has 1 saturated carbocycles. The van der Waals surface area contributed by atoms with E-state index in [4.69, 9.17) is 9.84 Å². The van der Waals surface area contributed by atoms with Crippen molar-refractivity contribution in [2.75, 3.05) is 0 Å². The van der Waals surface area contributed by atoms with Gasteiger partial charge in [0.1, 0.15) is 6.61 Å². The molecule has 0 amide bonds. The molecule has 2 aromatic rings. The van der Waals surface area contributed by atoms with Gasteiger partial charge in [0.2, 0.25) is 5.82 Å². The minimum atomic E-state index is -1.25. The Balaban J connectivity index is 1.53. The first-order valence-corrected chi connectivity index (χ1v) is 9.08. The molecule has 0 heterocycles. The lowest BCUT2D eigenvalue weighted by atomic mass is 9.79. The van der Waals surface area contributed by atoms with Crippen LogP contribution in [-0.4, -0.2) is 5.11 Å². The zero-order valence-electron chi connectivity index (χ0n) is 14.9. The molecule has 2 nitrogen and oxygen atoms in total. The van der Waals surface area contributed by atoms with E-state index >= 15 is 0 Å². The Morgan fingerprint density at radius 3 is 2.38 bits per heavy atom. The summed E-state index contributed by atoms with van der Waals surface area (Å²) < 4.78 is 32.3. The Hall–Kier alpha value is -2.36. The van der Waals surface area contributed by atoms with Gasteiger partial charge in [0, 0.05) is 5.56 Å². The number of hydrogen-bond donors (Lipinski definition) is 1. The molecule has 3 rings (SSSR count). The SMILES string of the molecule is CC1CCC(c2ccc(COC=Cc3ccc(O)c(F)c3F)cc2)CC1. The highest BCUT2D eigenvalue weighted by molar-refractivity contribution is 5.51. The number of aromatic hydroxyl groups is 1. The monoisotopic (exact) mass is 358 g/mol. The van der Waals surface area contributed by atoms with E-state index < -0.39 is 17.4 Å². The van der Waals surface area contributed by atoms with Crippen molar-refractivity contribution in [1.82, 2.24) is 0 Å². The lowest BCUT2D eigenvalue weighted by Crippen LogP contribution is -2.10. The van der Waals surface area contributed by atoms with Crippen LogP contribution >= 0.6 is 0 Å². The van der Waals surface area contributed by atoms with Crippen molar-refractivity contribution in [2.45, 2.75) is 45.1 Å². The second-order valence-electron chi connectivity index (χ2n) is 7.11. The zero-order chi connectivity index (χ0) is 18.5. The number of hydrogen-bond acceptors (Lipinski definition) is 2. The summed E-state index contributed by atoms with van der Waals surface area (Å²) in [6, 6.07) is 10.9. The minimum Gasteiger partial charge on any atom is -0.505 e. The molecule has 1 N–H and O–H groups in total. The van der Waals surface area contributed by atoms with Crippen LogP contribution in [0.1, 0.15) is 55.2 Å². The first kappa shape index (κ1) is 18.4. The fourth-order valence-corrected chi connectivity index (χ4v) is 3.43. The van der Waals surface area contributed by atoms with Crippen molar-refractivity contribution in [3.63, 3.8) is 0 Å². The Kier molecular flexibility index (Phi) is 5.92. The van der Waals surface area contributed by atoms with Crippen molar-refractivity contribution < 1.29 is 18.6 Å². The van der Waals surface area contributed by atoms with Crippen molar-refractivity contribution in [3.05, 3.63) is 71.0 Å². The summed E-state index contributed by atoms with van der Waals surface area (Å²) in [5.74, 6) is -1.53. The summed E-state index contributed by atoms with van der Waals surface area (Å²) in [4.78, 5) is 0. The highest BCUT2D eigenvalue weighted by Gasteiger charge is 2.19. The summed E-state index contributed by atoms with van der Waals surface area (Å²) >= 11 is 0. The highest BCUT2D eigenvalue weighted by atomic mass is 19.2. The largest absolute Gasteiger partial charge is 0.505 e. The van der Waals surface area contributed by atoms with Gasteiger partial charge < -0.3 is 9.84 Å². The van der Waals surface area contributed by atoms with Crippen LogP contribution in [-0.2, 0) is 11.3 Å². The van der Waals surface area contributed by atoms with Crippen LogP contribution in [0.15, 0.2) is 42.7 Å². The van der Waals surface area contributed by atoms with Crippen molar-refractivity contribution in [1.29, 1.82) is 0 Å². The van der Waals surface area contributed by atoms with E-state index in [9.17, 15) is 8.78 Å². The molecule has 0 aliphatic heterocycles. The molecule has 2 aromatic carbocycles. The van der Waals surface area contributed by atoms with Gasteiger partial charge in [0.25, 0.3) is 0 Å². The molecule has 4 heteroatoms. The van der Waals surface area contributed by atoms with E-state index in [1.54, 1.807) is 0 Å². The van der Waals surface area contributed by atoms with Gasteiger partial charge in [-0.3, -0.25) is 0 Å². The van der Waals surface area contributed by atoms with Crippen molar-refractivity contribution in [2.24, 2.45) is 5.92 Å². The van der Waals surface area contributed by atoms with Gasteiger partial charge in [0.05, 0.1) is 6.26 Å². The van der Waals surface area contributed by atoms with E-state index in [-0.39, 0.29) is 5.56 Å². The third-order valence-corrected chi connectivity index (χ3v) is 5.15. The molecule has 1 fully saturated rings. The van der Waals surface area contributed by atoms with Gasteiger partial charge in [-0.1, -0.05) is 44.0 Å². The van der Waals surface area contributed by atoms with Gasteiger partial charge in [-0.05, 0) is 54.0 Å². The number of phenols is 1. The summed E-state index contributed by atoms with van der Waals surface area (Å²) in [5, 5.41) is 9.10. The van der Waals surface area contributed by atoms with Crippen LogP contribution in [0.3, 0.4) is 0 Å². The summed E-state index contributed by atoms with van der Waals surface area (Å²) in [7, 11) is 0. The standard InChI is InChI=1S/C22H24F2O2/c1-15-2-6-17(7-3-15)18-8-4-16(5-9-18)14-26-13-12-19-10-11-20(25)22(24)21(19)23/h4-5,8-13,15,17,25H,2-3,6-7,14H2,1H3. The Bertz CT molecular complexity index is 760. The molecular weight excluding hydrogens is 334 g/mol. The summed E-state index contributed by atoms with van der Waals surface area (Å²) in [6.45, 7) is 2.68. The average molecular weight is 358 g/mol. The van der Waals surface area contributed by atoms with Crippen molar-refractivity contribution >= 4 is 6.08 Å². The third-order valence-electron chi connectivity index (χ3n) is 5.15. The van der Waals surface area contributed by atoms with Gasteiger partial charge in [0.15, 0.2) is 11.6 Å². The Morgan fingerprint density at radius 1 is 1.00 bits per heavy atom. The Labute approximate surface area is 153 Å². The zero-order valence-corrected chi connectivity index (χ0v) is 14.9. The van der Waals surface area contributed by atoms with Crippen LogP contribution in [0.5, 0.6) is 5.75 Å². The average Bonchev–Trinajstić information content (AvgIpc) is 2.66. The lowest BCUT2D eigenvalue weighted by molar-refractivity contribution is 0.239. The number of benzene rings is 2. The molecule has 1 aliphatic carbocycles. The lowest BCUT2D eigenvalue weighted by Gasteiger charge is -2.26. The molecular formula is C22H24F2O2. The smallest absolute Gasteiger partial charge is 0.200 e. The third kappa shape index (κ3) is 4.43. The normalized spacial score (nSPS) is 20.4. The van der Waals surface area contributed by atoms with E-state index in [2.05, 4.69) is 31.2 Å². The first-order chi connectivity index (χ1) is 12.5. The maximum absolute atomic E-state index is 13.6. The predicted molar refractivity (Wildman–Crippen MR) is 98.7 cm³/mol. The molecule has 0 radical (unpaired) electrons. The number of rotatable bonds is 5. The second kappa shape index (κ2) is 8.35. The molecule has 138 valence electrons. The van der Waals surface area contributed by atoms with Crippen LogP contribution in [0.2, 0.25) is 0 Å². The molecule has 0 unspecified atom stereocenters. The Morgan fingerprint density at radius 2 is 1.69 bits per heavy atom. The molecule has 26 heavy (non-hydrogen) atoms. The van der Waals surface area contributed by atoms with Crippen LogP contribution in [0, 0.1) is 17.6 Å². The second-order valence-corrected chi connectivity index (χ2v) is 7.11. The van der Waals surface area contributed by atoms with Gasteiger partial charge >= 0.3 is 0 Å². The fraction of sp³-hybridized carbons (Fsp3) is 0.364. The minimum absolute atomic E-state index is 0.0298. The van der Waals surface area contributed by atoms with Gasteiger partial charge in [-0.15, -0.1) is 0 Å². The quantitative estimate of drug-likeness (QED) is 0.649. The van der Waals surface area contributed by atoms with Gasteiger partial charge in [-0.2, -0.15) is 4.39 Å². The first-order valence-electron chi connectivity index (χ1n) is 9.08. The molecule has 0 saturated heterocycles. The van der Waals surface area contributed by atoms with E-state index in [1.807, 2.05) is 0 Å². The highest BCUT2D eigenvalue weighted by Crippen LogP contribution is 2.35. The summed E-state index contributed by atoms with van der Waals surface area (Å²) in [5.41, 5.74) is 2.44. The van der Waals surface area contributed by atoms with Gasteiger partial charge in [-0.25, -0.2) is 4.39 Å². The number of phenolic OH excluding ortho intramolecular Hbond substituents is 1. The van der Waals surface area contributed by atoms with E-state index in [0.717, 1.165) is 17.5 Å². The molecule has 0 aromatic heterocycles. The fourth-order valence-electron chi connectivity index (χ4n) is 3.43. The molecule has 0 spiro atoms. The predicted octanol–water partition coefficient (Wildman–Crippen LogP) is 6.15. The van der Waals surface area contributed by atoms with Crippen LogP contribution < -0.4 is 0 Å². The summed E-state index contributed by atoms with van der Waals surface area (Å²) in [6.07, 6.45) is 7.80. The number of halogens is 2. The number of ether oxygens (including phenoxy) is 1. The van der Waals surface area contributed by atoms with Crippen LogP contribution in [0.25, 0.3) is 6.08 Å². The van der Waals surface area contributed by atoms with Crippen molar-refractivity contribution in [3.8, 4) is 5.75 Å². The topological polar surface area (TPSA) is 29.5 Å². The van der Waals surface area contributed by atoms with Crippen LogP contribution in [0.4, 0.5) is 8.78 Å². The molecule has 0 bridgehead atoms. The molecule has 0 atom stereocenters. The van der Waals surface area contributed by atoms with E-state index in [1.165, 1.54) is 49.7 Å². The maximum atomic E-state index is 13.6. The molecule has 1 aliphatic rings. The maximum Gasteiger partial charge on any atom is 0.200 e.